The average molecular weight is 621 g/mol. The predicted molar refractivity (Wildman–Crippen MR) is 127 cm³/mol. The first kappa shape index (κ1) is 33.7. The number of pyridine rings is 1. The lowest BCUT2D eigenvalue weighted by molar-refractivity contribution is -0.193. The zero-order valence-corrected chi connectivity index (χ0v) is 21.9. The van der Waals surface area contributed by atoms with Gasteiger partial charge in [-0.05, 0) is 37.9 Å². The molecule has 1 aromatic heterocycles. The molecule has 1 amide bonds. The summed E-state index contributed by atoms with van der Waals surface area (Å²) >= 11 is 0. The summed E-state index contributed by atoms with van der Waals surface area (Å²) in [5, 5.41) is 21.1. The van der Waals surface area contributed by atoms with Crippen molar-refractivity contribution in [1.29, 1.82) is 0 Å². The molecule has 12 nitrogen and oxygen atoms in total. The van der Waals surface area contributed by atoms with Gasteiger partial charge in [0.25, 0.3) is 5.91 Å². The lowest BCUT2D eigenvalue weighted by Gasteiger charge is -2.38. The summed E-state index contributed by atoms with van der Waals surface area (Å²) in [6, 6.07) is 5.55. The third-order valence-corrected chi connectivity index (χ3v) is 7.65. The highest BCUT2D eigenvalue weighted by Crippen LogP contribution is 2.34. The molecule has 230 valence electrons. The second-order valence-electron chi connectivity index (χ2n) is 9.30. The van der Waals surface area contributed by atoms with E-state index in [1.807, 2.05) is 18.2 Å². The largest absolute Gasteiger partial charge is 0.490 e. The molecule has 0 saturated carbocycles. The zero-order chi connectivity index (χ0) is 31.1. The van der Waals surface area contributed by atoms with Gasteiger partial charge < -0.3 is 20.4 Å². The van der Waals surface area contributed by atoms with E-state index in [1.165, 1.54) is 0 Å². The summed E-state index contributed by atoms with van der Waals surface area (Å²) < 4.78 is 86.6. The smallest absolute Gasteiger partial charge is 0.475 e. The number of carboxylic acid groups (broad SMARTS) is 2. The Morgan fingerprint density at radius 3 is 2.20 bits per heavy atom. The van der Waals surface area contributed by atoms with Crippen molar-refractivity contribution in [3.05, 3.63) is 30.1 Å². The first-order valence-corrected chi connectivity index (χ1v) is 13.6. The maximum atomic E-state index is 12.5. The van der Waals surface area contributed by atoms with E-state index < -0.39 is 39.7 Å². The minimum Gasteiger partial charge on any atom is -0.475 e. The summed E-state index contributed by atoms with van der Waals surface area (Å²) in [5.41, 5.74) is 0.898. The number of nitrogens with zero attached hydrogens (tertiary/aromatic N) is 3. The fraction of sp³-hybridized carbons (Fsp3) is 0.591. The van der Waals surface area contributed by atoms with Crippen LogP contribution in [0.25, 0.3) is 0 Å². The number of piperidine rings is 1. The van der Waals surface area contributed by atoms with E-state index in [0.29, 0.717) is 25.1 Å². The average Bonchev–Trinajstić information content (AvgIpc) is 3.41. The summed E-state index contributed by atoms with van der Waals surface area (Å²) in [5.74, 6) is -5.68. The van der Waals surface area contributed by atoms with Crippen molar-refractivity contribution >= 4 is 33.4 Å². The molecule has 3 N–H and O–H groups in total. The minimum atomic E-state index is -5.08. The van der Waals surface area contributed by atoms with Gasteiger partial charge in [0.05, 0.1) is 17.2 Å². The Morgan fingerprint density at radius 1 is 1.10 bits per heavy atom. The van der Waals surface area contributed by atoms with Gasteiger partial charge in [-0.25, -0.2) is 18.0 Å². The molecule has 2 unspecified atom stereocenters. The molecule has 0 bridgehead atoms. The predicted octanol–water partition coefficient (Wildman–Crippen LogP) is 1.76. The number of hydrogen-bond donors (Lipinski definition) is 3. The number of carbonyl (C=O) groups excluding carboxylic acids is 1. The normalized spacial score (nSPS) is 23.7. The van der Waals surface area contributed by atoms with Crippen LogP contribution >= 0.6 is 0 Å². The molecule has 4 rings (SSSR count). The Labute approximate surface area is 229 Å². The monoisotopic (exact) mass is 620 g/mol. The number of sulfone groups is 1. The van der Waals surface area contributed by atoms with Crippen LogP contribution in [-0.4, -0.2) is 101 Å². The van der Waals surface area contributed by atoms with Gasteiger partial charge in [-0.2, -0.15) is 26.3 Å². The van der Waals surface area contributed by atoms with Crippen molar-refractivity contribution in [3.63, 3.8) is 0 Å². The molecule has 0 aromatic carbocycles. The quantitative estimate of drug-likeness (QED) is 0.421. The zero-order valence-electron chi connectivity index (χ0n) is 21.1. The number of carboxylic acids is 2. The molecule has 0 radical (unpaired) electrons. The molecule has 3 aliphatic rings. The number of halogens is 6. The molecule has 1 aromatic rings. The molecular weight excluding hydrogens is 594 g/mol. The van der Waals surface area contributed by atoms with Crippen LogP contribution in [0.3, 0.4) is 0 Å². The SMILES string of the molecule is O=C(NC1CCS(=O)(=O)C1)C1=NOC2(CCCN(Cc3ccccn3)C2)C1.O=C(O)C(F)(F)F.O=C(O)C(F)(F)F. The third-order valence-electron chi connectivity index (χ3n) is 5.88. The highest BCUT2D eigenvalue weighted by atomic mass is 32.2. The molecule has 3 aliphatic heterocycles. The molecule has 41 heavy (non-hydrogen) atoms. The highest BCUT2D eigenvalue weighted by Gasteiger charge is 2.45. The van der Waals surface area contributed by atoms with Crippen LogP contribution in [0.2, 0.25) is 0 Å². The van der Waals surface area contributed by atoms with Crippen LogP contribution in [0.5, 0.6) is 0 Å². The molecule has 1 spiro atoms. The van der Waals surface area contributed by atoms with Crippen LogP contribution < -0.4 is 5.32 Å². The Bertz CT molecular complexity index is 1200. The van der Waals surface area contributed by atoms with Gasteiger partial charge in [0.1, 0.15) is 5.71 Å². The first-order chi connectivity index (χ1) is 18.8. The van der Waals surface area contributed by atoms with Gasteiger partial charge >= 0.3 is 24.3 Å². The van der Waals surface area contributed by atoms with Gasteiger partial charge in [0.15, 0.2) is 15.4 Å². The number of nitrogens with one attached hydrogen (secondary N) is 1. The summed E-state index contributed by atoms with van der Waals surface area (Å²) in [6.07, 6.45) is -5.64. The number of carbonyl (C=O) groups is 3. The fourth-order valence-electron chi connectivity index (χ4n) is 4.09. The number of aliphatic carboxylic acids is 2. The van der Waals surface area contributed by atoms with Gasteiger partial charge in [0, 0.05) is 31.7 Å². The van der Waals surface area contributed by atoms with Crippen molar-refractivity contribution in [1.82, 2.24) is 15.2 Å². The minimum absolute atomic E-state index is 0.00980. The highest BCUT2D eigenvalue weighted by molar-refractivity contribution is 7.91. The Balaban J connectivity index is 0.000000349. The fourth-order valence-corrected chi connectivity index (χ4v) is 5.76. The number of amides is 1. The maximum Gasteiger partial charge on any atom is 0.490 e. The molecule has 2 fully saturated rings. The molecule has 19 heteroatoms. The number of aromatic nitrogens is 1. The van der Waals surface area contributed by atoms with E-state index in [9.17, 15) is 39.6 Å². The first-order valence-electron chi connectivity index (χ1n) is 11.8. The molecule has 2 atom stereocenters. The number of oxime groups is 1. The van der Waals surface area contributed by atoms with Crippen LogP contribution in [0.4, 0.5) is 26.3 Å². The second kappa shape index (κ2) is 13.5. The van der Waals surface area contributed by atoms with E-state index in [4.69, 9.17) is 24.6 Å². The summed E-state index contributed by atoms with van der Waals surface area (Å²) in [6.45, 7) is 2.40. The Morgan fingerprint density at radius 2 is 1.71 bits per heavy atom. The van der Waals surface area contributed by atoms with Crippen molar-refractivity contribution in [2.24, 2.45) is 5.16 Å². The van der Waals surface area contributed by atoms with E-state index in [-0.39, 0.29) is 23.5 Å². The molecule has 2 saturated heterocycles. The van der Waals surface area contributed by atoms with Crippen LogP contribution in [0.15, 0.2) is 29.6 Å². The van der Waals surface area contributed by atoms with Gasteiger partial charge in [-0.3, -0.25) is 14.7 Å². The van der Waals surface area contributed by atoms with E-state index in [2.05, 4.69) is 20.4 Å². The lowest BCUT2D eigenvalue weighted by Crippen LogP contribution is -2.49. The number of rotatable bonds is 4. The summed E-state index contributed by atoms with van der Waals surface area (Å²) in [7, 11) is -3.03. The lowest BCUT2D eigenvalue weighted by atomic mass is 9.88. The summed E-state index contributed by atoms with van der Waals surface area (Å²) in [4.78, 5) is 42.7. The topological polar surface area (TPSA) is 176 Å². The van der Waals surface area contributed by atoms with E-state index in [1.54, 1.807) is 6.20 Å². The van der Waals surface area contributed by atoms with Crippen LogP contribution in [0.1, 0.15) is 31.4 Å². The van der Waals surface area contributed by atoms with Crippen molar-refractivity contribution < 1.29 is 64.2 Å². The Hall–Kier alpha value is -3.48. The van der Waals surface area contributed by atoms with Gasteiger partial charge in [-0.1, -0.05) is 11.2 Å². The number of alkyl halides is 6. The molecule has 4 heterocycles. The third kappa shape index (κ3) is 11.1. The van der Waals surface area contributed by atoms with Crippen molar-refractivity contribution in [2.75, 3.05) is 24.6 Å². The van der Waals surface area contributed by atoms with Crippen molar-refractivity contribution in [2.45, 2.75) is 56.2 Å². The number of likely N-dealkylation sites (tertiary alicyclic amines) is 1. The maximum absolute atomic E-state index is 12.5. The van der Waals surface area contributed by atoms with E-state index >= 15 is 0 Å². The van der Waals surface area contributed by atoms with E-state index in [0.717, 1.165) is 31.6 Å². The van der Waals surface area contributed by atoms with Gasteiger partial charge in [0.2, 0.25) is 0 Å². The Kier molecular flexibility index (Phi) is 11.1. The number of hydrogen-bond acceptors (Lipinski definition) is 9. The van der Waals surface area contributed by atoms with Crippen molar-refractivity contribution in [3.8, 4) is 0 Å². The van der Waals surface area contributed by atoms with Gasteiger partial charge in [-0.15, -0.1) is 0 Å². The molecule has 0 aliphatic carbocycles. The van der Waals surface area contributed by atoms with Crippen LogP contribution in [-0.2, 0) is 35.6 Å². The molecular formula is C22H26F6N4O8S. The second-order valence-corrected chi connectivity index (χ2v) is 11.5. The van der Waals surface area contributed by atoms with Crippen LogP contribution in [0, 0.1) is 0 Å². The standard InChI is InChI=1S/C18H24N4O4S.2C2HF3O2/c23-17(20-15-5-9-27(24,25)12-15)16-10-18(26-21-16)6-3-8-22(13-18)11-14-4-1-2-7-19-14;2*3-2(4,5)1(6)7/h1-2,4,7,15H,3,5-6,8-13H2,(H,20,23);2*(H,6,7).